The molecule has 0 aromatic rings. The van der Waals surface area contributed by atoms with Crippen molar-refractivity contribution in [3.63, 3.8) is 0 Å². The molecule has 0 amide bonds. The highest BCUT2D eigenvalue weighted by Crippen LogP contribution is 2.10. The second-order valence-electron chi connectivity index (χ2n) is 4.92. The molecule has 0 aromatic heterocycles. The van der Waals surface area contributed by atoms with Crippen LogP contribution in [0.15, 0.2) is 0 Å². The molecule has 0 saturated carbocycles. The summed E-state index contributed by atoms with van der Waals surface area (Å²) in [7, 11) is 0. The first-order chi connectivity index (χ1) is 8.56. The molecule has 0 bridgehead atoms. The van der Waals surface area contributed by atoms with E-state index in [2.05, 4.69) is 23.6 Å². The molecular formula is C13H26N2O3. The second kappa shape index (κ2) is 7.71. The van der Waals surface area contributed by atoms with Crippen molar-refractivity contribution in [3.8, 4) is 0 Å². The highest BCUT2D eigenvalue weighted by atomic mass is 16.5. The fourth-order valence-corrected chi connectivity index (χ4v) is 2.44. The van der Waals surface area contributed by atoms with Gasteiger partial charge in [-0.05, 0) is 20.0 Å². The Morgan fingerprint density at radius 1 is 1.56 bits per heavy atom. The summed E-state index contributed by atoms with van der Waals surface area (Å²) in [6.07, 6.45) is 0.396. The molecule has 18 heavy (non-hydrogen) atoms. The van der Waals surface area contributed by atoms with Crippen molar-refractivity contribution >= 4 is 5.97 Å². The van der Waals surface area contributed by atoms with Crippen LogP contribution in [0.3, 0.4) is 0 Å². The summed E-state index contributed by atoms with van der Waals surface area (Å²) in [6.45, 7) is 11.7. The predicted octanol–water partition coefficient (Wildman–Crippen LogP) is 0.892. The van der Waals surface area contributed by atoms with Gasteiger partial charge in [0, 0.05) is 25.7 Å². The summed E-state index contributed by atoms with van der Waals surface area (Å²) in [5, 5.41) is 8.85. The average Bonchev–Trinajstić information content (AvgIpc) is 2.35. The molecular weight excluding hydrogens is 232 g/mol. The quantitative estimate of drug-likeness (QED) is 0.735. The number of aliphatic carboxylic acids is 1. The zero-order chi connectivity index (χ0) is 13.5. The van der Waals surface area contributed by atoms with E-state index in [4.69, 9.17) is 9.84 Å². The van der Waals surface area contributed by atoms with Crippen LogP contribution in [-0.4, -0.2) is 72.4 Å². The summed E-state index contributed by atoms with van der Waals surface area (Å²) in [5.74, 6) is -0.735. The Morgan fingerprint density at radius 3 is 2.83 bits per heavy atom. The maximum absolute atomic E-state index is 10.8. The van der Waals surface area contributed by atoms with Gasteiger partial charge in [-0.15, -0.1) is 0 Å². The Hall–Kier alpha value is -0.650. The van der Waals surface area contributed by atoms with Crippen LogP contribution < -0.4 is 0 Å². The van der Waals surface area contributed by atoms with Crippen molar-refractivity contribution in [1.82, 2.24) is 9.80 Å². The molecule has 106 valence electrons. The lowest BCUT2D eigenvalue weighted by Gasteiger charge is -2.36. The minimum atomic E-state index is -0.735. The van der Waals surface area contributed by atoms with Gasteiger partial charge in [0.1, 0.15) is 0 Å². The SMILES string of the molecule is CCN1CCOC(CN(CC)C(C)CC(=O)O)C1. The molecule has 1 rings (SSSR count). The van der Waals surface area contributed by atoms with Crippen LogP contribution in [-0.2, 0) is 9.53 Å². The number of likely N-dealkylation sites (N-methyl/N-ethyl adjacent to an activating group) is 2. The van der Waals surface area contributed by atoms with Gasteiger partial charge in [0.15, 0.2) is 0 Å². The zero-order valence-electron chi connectivity index (χ0n) is 11.8. The fraction of sp³-hybridized carbons (Fsp3) is 0.923. The van der Waals surface area contributed by atoms with Crippen molar-refractivity contribution < 1.29 is 14.6 Å². The Bertz CT molecular complexity index is 261. The summed E-state index contributed by atoms with van der Waals surface area (Å²) in [5.41, 5.74) is 0. The van der Waals surface area contributed by atoms with E-state index < -0.39 is 5.97 Å². The molecule has 0 spiro atoms. The van der Waals surface area contributed by atoms with Gasteiger partial charge in [0.25, 0.3) is 0 Å². The largest absolute Gasteiger partial charge is 0.481 e. The third kappa shape index (κ3) is 4.92. The van der Waals surface area contributed by atoms with E-state index in [1.165, 1.54) is 0 Å². The van der Waals surface area contributed by atoms with Crippen LogP contribution in [0.2, 0.25) is 0 Å². The van der Waals surface area contributed by atoms with Gasteiger partial charge in [0.05, 0.1) is 19.1 Å². The molecule has 5 nitrogen and oxygen atoms in total. The van der Waals surface area contributed by atoms with E-state index in [0.29, 0.717) is 0 Å². The standard InChI is InChI=1S/C13H26N2O3/c1-4-14-6-7-18-12(9-14)10-15(5-2)11(3)8-13(16)17/h11-12H,4-10H2,1-3H3,(H,16,17). The molecule has 0 radical (unpaired) electrons. The fourth-order valence-electron chi connectivity index (χ4n) is 2.44. The molecule has 0 aliphatic carbocycles. The number of rotatable bonds is 7. The number of carboxylic acids is 1. The van der Waals surface area contributed by atoms with Crippen LogP contribution in [0.4, 0.5) is 0 Å². The molecule has 1 aliphatic rings. The Labute approximate surface area is 110 Å². The normalized spacial score (nSPS) is 23.2. The number of morpholine rings is 1. The zero-order valence-corrected chi connectivity index (χ0v) is 11.8. The van der Waals surface area contributed by atoms with Gasteiger partial charge < -0.3 is 9.84 Å². The highest BCUT2D eigenvalue weighted by molar-refractivity contribution is 5.67. The van der Waals surface area contributed by atoms with Crippen molar-refractivity contribution in [2.75, 3.05) is 39.3 Å². The molecule has 2 atom stereocenters. The van der Waals surface area contributed by atoms with Crippen LogP contribution in [0.5, 0.6) is 0 Å². The number of carboxylic acid groups (broad SMARTS) is 1. The molecule has 1 N–H and O–H groups in total. The van der Waals surface area contributed by atoms with Crippen molar-refractivity contribution in [3.05, 3.63) is 0 Å². The third-order valence-corrected chi connectivity index (χ3v) is 3.61. The van der Waals surface area contributed by atoms with Crippen LogP contribution in [0.25, 0.3) is 0 Å². The summed E-state index contributed by atoms with van der Waals surface area (Å²) in [6, 6.07) is 0.0631. The van der Waals surface area contributed by atoms with E-state index in [-0.39, 0.29) is 18.6 Å². The van der Waals surface area contributed by atoms with E-state index in [9.17, 15) is 4.79 Å². The molecule has 1 saturated heterocycles. The van der Waals surface area contributed by atoms with Crippen molar-refractivity contribution in [1.29, 1.82) is 0 Å². The average molecular weight is 258 g/mol. The first kappa shape index (κ1) is 15.4. The number of carbonyl (C=O) groups is 1. The number of hydrogen-bond donors (Lipinski definition) is 1. The minimum absolute atomic E-state index is 0.0631. The first-order valence-corrected chi connectivity index (χ1v) is 6.86. The number of nitrogens with zero attached hydrogens (tertiary/aromatic N) is 2. The first-order valence-electron chi connectivity index (χ1n) is 6.86. The molecule has 1 fully saturated rings. The van der Waals surface area contributed by atoms with Gasteiger partial charge in [-0.1, -0.05) is 13.8 Å². The van der Waals surface area contributed by atoms with E-state index >= 15 is 0 Å². The summed E-state index contributed by atoms with van der Waals surface area (Å²) >= 11 is 0. The Balaban J connectivity index is 2.44. The summed E-state index contributed by atoms with van der Waals surface area (Å²) < 4.78 is 5.77. The Kier molecular flexibility index (Phi) is 6.60. The van der Waals surface area contributed by atoms with Gasteiger partial charge >= 0.3 is 5.97 Å². The van der Waals surface area contributed by atoms with Crippen LogP contribution in [0, 0.1) is 0 Å². The van der Waals surface area contributed by atoms with Gasteiger partial charge in [0.2, 0.25) is 0 Å². The van der Waals surface area contributed by atoms with E-state index in [1.807, 2.05) is 6.92 Å². The Morgan fingerprint density at radius 2 is 2.28 bits per heavy atom. The number of hydrogen-bond acceptors (Lipinski definition) is 4. The smallest absolute Gasteiger partial charge is 0.304 e. The van der Waals surface area contributed by atoms with Crippen molar-refractivity contribution in [2.24, 2.45) is 0 Å². The number of ether oxygens (including phenoxy) is 1. The monoisotopic (exact) mass is 258 g/mol. The molecule has 1 aliphatic heterocycles. The van der Waals surface area contributed by atoms with Gasteiger partial charge in [-0.2, -0.15) is 0 Å². The lowest BCUT2D eigenvalue weighted by Crippen LogP contribution is -2.49. The van der Waals surface area contributed by atoms with Gasteiger partial charge in [-0.3, -0.25) is 14.6 Å². The highest BCUT2D eigenvalue weighted by Gasteiger charge is 2.24. The van der Waals surface area contributed by atoms with Gasteiger partial charge in [-0.25, -0.2) is 0 Å². The van der Waals surface area contributed by atoms with Crippen LogP contribution >= 0.6 is 0 Å². The van der Waals surface area contributed by atoms with E-state index in [0.717, 1.165) is 39.3 Å². The molecule has 2 unspecified atom stereocenters. The lowest BCUT2D eigenvalue weighted by atomic mass is 10.1. The van der Waals surface area contributed by atoms with E-state index in [1.54, 1.807) is 0 Å². The minimum Gasteiger partial charge on any atom is -0.481 e. The topological polar surface area (TPSA) is 53.0 Å². The molecule has 5 heteroatoms. The third-order valence-electron chi connectivity index (χ3n) is 3.61. The second-order valence-corrected chi connectivity index (χ2v) is 4.92. The summed E-state index contributed by atoms with van der Waals surface area (Å²) in [4.78, 5) is 15.3. The molecule has 1 heterocycles. The maximum Gasteiger partial charge on any atom is 0.304 e. The predicted molar refractivity (Wildman–Crippen MR) is 70.8 cm³/mol. The van der Waals surface area contributed by atoms with Crippen LogP contribution in [0.1, 0.15) is 27.2 Å². The lowest BCUT2D eigenvalue weighted by molar-refractivity contribution is -0.138. The maximum atomic E-state index is 10.8. The van der Waals surface area contributed by atoms with Crippen molar-refractivity contribution in [2.45, 2.75) is 39.3 Å². The molecule has 0 aromatic carbocycles.